The molecular formula is C45H28N4S. The molecule has 0 aliphatic carbocycles. The molecule has 7 aromatic carbocycles. The minimum atomic E-state index is 0.634. The fourth-order valence-corrected chi connectivity index (χ4v) is 8.27. The highest BCUT2D eigenvalue weighted by atomic mass is 32.1. The normalized spacial score (nSPS) is 11.6. The molecule has 10 rings (SSSR count). The lowest BCUT2D eigenvalue weighted by atomic mass is 10.0. The lowest BCUT2D eigenvalue weighted by Crippen LogP contribution is -2.04. The molecule has 3 heterocycles. The van der Waals surface area contributed by atoms with Crippen molar-refractivity contribution in [3.63, 3.8) is 0 Å². The fraction of sp³-hybridized carbons (Fsp3) is 0. The van der Waals surface area contributed by atoms with E-state index in [1.807, 2.05) is 47.7 Å². The van der Waals surface area contributed by atoms with Crippen LogP contribution in [0, 0.1) is 0 Å². The molecule has 0 unspecified atom stereocenters. The highest BCUT2D eigenvalue weighted by Crippen LogP contribution is 2.45. The van der Waals surface area contributed by atoms with E-state index in [1.54, 1.807) is 0 Å². The highest BCUT2D eigenvalue weighted by molar-refractivity contribution is 7.25. The number of thiophene rings is 1. The van der Waals surface area contributed by atoms with Gasteiger partial charge in [0.15, 0.2) is 17.5 Å². The first kappa shape index (κ1) is 28.6. The van der Waals surface area contributed by atoms with Gasteiger partial charge in [0.2, 0.25) is 0 Å². The first-order valence-corrected chi connectivity index (χ1v) is 17.5. The van der Waals surface area contributed by atoms with Gasteiger partial charge in [0.05, 0.1) is 16.7 Å². The predicted molar refractivity (Wildman–Crippen MR) is 209 cm³/mol. The number of hydrogen-bond donors (Lipinski definition) is 0. The van der Waals surface area contributed by atoms with Gasteiger partial charge in [-0.25, -0.2) is 15.0 Å². The third-order valence-electron chi connectivity index (χ3n) is 9.46. The molecule has 5 heteroatoms. The van der Waals surface area contributed by atoms with Gasteiger partial charge in [-0.2, -0.15) is 0 Å². The average molecular weight is 657 g/mol. The van der Waals surface area contributed by atoms with Gasteiger partial charge in [0.25, 0.3) is 0 Å². The van der Waals surface area contributed by atoms with E-state index < -0.39 is 0 Å². The van der Waals surface area contributed by atoms with Gasteiger partial charge >= 0.3 is 0 Å². The zero-order valence-electron chi connectivity index (χ0n) is 26.9. The van der Waals surface area contributed by atoms with Gasteiger partial charge in [0.1, 0.15) is 0 Å². The van der Waals surface area contributed by atoms with Gasteiger partial charge in [-0.15, -0.1) is 11.3 Å². The van der Waals surface area contributed by atoms with Crippen LogP contribution in [-0.4, -0.2) is 19.5 Å². The number of para-hydroxylation sites is 1. The Morgan fingerprint density at radius 1 is 0.380 bits per heavy atom. The summed E-state index contributed by atoms with van der Waals surface area (Å²) >= 11 is 1.82. The monoisotopic (exact) mass is 656 g/mol. The Morgan fingerprint density at radius 2 is 0.940 bits per heavy atom. The van der Waals surface area contributed by atoms with Crippen molar-refractivity contribution >= 4 is 53.3 Å². The smallest absolute Gasteiger partial charge is 0.166 e. The molecule has 0 bridgehead atoms. The van der Waals surface area contributed by atoms with Gasteiger partial charge in [0, 0.05) is 47.6 Å². The number of benzene rings is 7. The lowest BCUT2D eigenvalue weighted by Gasteiger charge is -2.17. The maximum absolute atomic E-state index is 5.23. The molecule has 0 saturated heterocycles. The van der Waals surface area contributed by atoms with Crippen molar-refractivity contribution in [3.05, 3.63) is 170 Å². The van der Waals surface area contributed by atoms with E-state index in [1.165, 1.54) is 42.1 Å². The van der Waals surface area contributed by atoms with Crippen LogP contribution in [0.1, 0.15) is 0 Å². The lowest BCUT2D eigenvalue weighted by molar-refractivity contribution is 1.07. The molecule has 0 aliphatic heterocycles. The topological polar surface area (TPSA) is 43.6 Å². The minimum absolute atomic E-state index is 0.634. The average Bonchev–Trinajstić information content (AvgIpc) is 3.74. The van der Waals surface area contributed by atoms with Crippen molar-refractivity contribution in [3.8, 4) is 51.0 Å². The maximum atomic E-state index is 5.23. The molecule has 0 amide bonds. The van der Waals surface area contributed by atoms with Gasteiger partial charge in [-0.3, -0.25) is 0 Å². The first-order valence-electron chi connectivity index (χ1n) is 16.7. The van der Waals surface area contributed by atoms with Crippen molar-refractivity contribution in [1.29, 1.82) is 0 Å². The molecule has 50 heavy (non-hydrogen) atoms. The Labute approximate surface area is 292 Å². The second-order valence-corrected chi connectivity index (χ2v) is 13.5. The number of rotatable bonds is 5. The van der Waals surface area contributed by atoms with E-state index in [0.717, 1.165) is 33.4 Å². The number of fused-ring (bicyclic) bond motifs is 6. The Hall–Kier alpha value is -6.43. The van der Waals surface area contributed by atoms with E-state index in [4.69, 9.17) is 15.0 Å². The third kappa shape index (κ3) is 4.63. The van der Waals surface area contributed by atoms with Crippen molar-refractivity contribution < 1.29 is 0 Å². The third-order valence-corrected chi connectivity index (χ3v) is 10.6. The zero-order valence-corrected chi connectivity index (χ0v) is 27.7. The fourth-order valence-electron chi connectivity index (χ4n) is 7.16. The molecule has 0 spiro atoms. The summed E-state index contributed by atoms with van der Waals surface area (Å²) in [6.45, 7) is 0. The summed E-state index contributed by atoms with van der Waals surface area (Å²) in [4.78, 5) is 15.5. The second kappa shape index (κ2) is 11.6. The van der Waals surface area contributed by atoms with E-state index in [0.29, 0.717) is 17.5 Å². The van der Waals surface area contributed by atoms with Crippen LogP contribution in [0.5, 0.6) is 0 Å². The molecule has 0 saturated carbocycles. The maximum Gasteiger partial charge on any atom is 0.166 e. The predicted octanol–water partition coefficient (Wildman–Crippen LogP) is 12.0. The van der Waals surface area contributed by atoms with Crippen molar-refractivity contribution in [1.82, 2.24) is 19.5 Å². The SMILES string of the molecule is c1ccc(-c2ccc3c4ccccc4n(-c4c(-c5nc(-c6ccccc6)nc(-c6ccccc6)n5)ccc5sc6ccccc6c45)c3c2)cc1. The molecule has 0 N–H and O–H groups in total. The molecule has 0 fully saturated rings. The van der Waals surface area contributed by atoms with Crippen LogP contribution in [0.3, 0.4) is 0 Å². The summed E-state index contributed by atoms with van der Waals surface area (Å²) in [6.07, 6.45) is 0. The summed E-state index contributed by atoms with van der Waals surface area (Å²) in [6, 6.07) is 59.7. The molecule has 3 aromatic heterocycles. The molecular weight excluding hydrogens is 629 g/mol. The van der Waals surface area contributed by atoms with Crippen LogP contribution in [0.4, 0.5) is 0 Å². The van der Waals surface area contributed by atoms with Crippen molar-refractivity contribution in [2.45, 2.75) is 0 Å². The summed E-state index contributed by atoms with van der Waals surface area (Å²) in [5.41, 5.74) is 8.54. The Morgan fingerprint density at radius 3 is 1.64 bits per heavy atom. The van der Waals surface area contributed by atoms with Crippen LogP contribution < -0.4 is 0 Å². The van der Waals surface area contributed by atoms with Gasteiger partial charge in [-0.05, 0) is 41.5 Å². The van der Waals surface area contributed by atoms with Crippen LogP contribution in [0.2, 0.25) is 0 Å². The molecule has 4 nitrogen and oxygen atoms in total. The standard InChI is InChI=1S/C45H28N4S/c1-4-14-29(15-5-1)32-24-25-34-33-20-10-12-22-37(33)49(38(34)28-32)42-36(26-27-40-41(42)35-21-11-13-23-39(35)50-40)45-47-43(30-16-6-2-7-17-30)46-44(48-45)31-18-8-3-9-19-31/h1-28H. The zero-order chi connectivity index (χ0) is 33.0. The quantitative estimate of drug-likeness (QED) is 0.185. The number of aromatic nitrogens is 4. The largest absolute Gasteiger partial charge is 0.308 e. The number of nitrogens with zero attached hydrogens (tertiary/aromatic N) is 4. The molecule has 0 atom stereocenters. The summed E-state index contributed by atoms with van der Waals surface area (Å²) in [7, 11) is 0. The Balaban J connectivity index is 1.36. The summed E-state index contributed by atoms with van der Waals surface area (Å²) in [5, 5.41) is 4.82. The van der Waals surface area contributed by atoms with Gasteiger partial charge in [-0.1, -0.05) is 140 Å². The van der Waals surface area contributed by atoms with E-state index in [2.05, 4.69) is 138 Å². The Bertz CT molecular complexity index is 2800. The van der Waals surface area contributed by atoms with Crippen LogP contribution in [0.25, 0.3) is 93.0 Å². The number of hydrogen-bond acceptors (Lipinski definition) is 4. The van der Waals surface area contributed by atoms with Crippen LogP contribution in [0.15, 0.2) is 170 Å². The molecule has 234 valence electrons. The molecule has 0 aliphatic rings. The summed E-state index contributed by atoms with van der Waals surface area (Å²) in [5.74, 6) is 1.92. The first-order chi connectivity index (χ1) is 24.8. The Kier molecular flexibility index (Phi) is 6.64. The summed E-state index contributed by atoms with van der Waals surface area (Å²) < 4.78 is 4.91. The van der Waals surface area contributed by atoms with Gasteiger partial charge < -0.3 is 4.57 Å². The van der Waals surface area contributed by atoms with E-state index >= 15 is 0 Å². The molecule has 0 radical (unpaired) electrons. The van der Waals surface area contributed by atoms with E-state index in [9.17, 15) is 0 Å². The van der Waals surface area contributed by atoms with Crippen molar-refractivity contribution in [2.24, 2.45) is 0 Å². The van der Waals surface area contributed by atoms with E-state index in [-0.39, 0.29) is 0 Å². The highest BCUT2D eigenvalue weighted by Gasteiger charge is 2.23. The van der Waals surface area contributed by atoms with Crippen LogP contribution >= 0.6 is 11.3 Å². The second-order valence-electron chi connectivity index (χ2n) is 12.4. The van der Waals surface area contributed by atoms with Crippen LogP contribution in [-0.2, 0) is 0 Å². The molecule has 10 aromatic rings. The minimum Gasteiger partial charge on any atom is -0.308 e. The van der Waals surface area contributed by atoms with Crippen molar-refractivity contribution in [2.75, 3.05) is 0 Å².